The van der Waals surface area contributed by atoms with E-state index in [1.807, 2.05) is 41.3 Å². The van der Waals surface area contributed by atoms with Crippen LogP contribution in [0.25, 0.3) is 0 Å². The van der Waals surface area contributed by atoms with E-state index in [-0.39, 0.29) is 0 Å². The maximum atomic E-state index is 5.77. The number of aromatic nitrogens is 3. The summed E-state index contributed by atoms with van der Waals surface area (Å²) in [5, 5.41) is 4.59. The molecule has 0 saturated carbocycles. The Morgan fingerprint density at radius 3 is 2.65 bits per heavy atom. The minimum absolute atomic E-state index is 0.682. The molecule has 0 amide bonds. The number of hydrogen-bond donors (Lipinski definition) is 0. The van der Waals surface area contributed by atoms with Gasteiger partial charge in [-0.05, 0) is 38.2 Å². The Morgan fingerprint density at radius 2 is 1.96 bits per heavy atom. The number of rotatable bonds is 7. The number of ether oxygens (including phenoxy) is 1. The van der Waals surface area contributed by atoms with Gasteiger partial charge in [-0.15, -0.1) is 6.58 Å². The van der Waals surface area contributed by atoms with Crippen LogP contribution in [0.15, 0.2) is 36.9 Å². The van der Waals surface area contributed by atoms with E-state index in [9.17, 15) is 0 Å². The molecule has 0 aliphatic carbocycles. The van der Waals surface area contributed by atoms with Crippen molar-refractivity contribution in [3.63, 3.8) is 0 Å². The van der Waals surface area contributed by atoms with E-state index in [1.165, 1.54) is 5.69 Å². The van der Waals surface area contributed by atoms with Gasteiger partial charge in [-0.1, -0.05) is 18.2 Å². The van der Waals surface area contributed by atoms with E-state index < -0.39 is 0 Å². The first-order valence-corrected chi connectivity index (χ1v) is 9.49. The highest BCUT2D eigenvalue weighted by molar-refractivity contribution is 7.71. The van der Waals surface area contributed by atoms with Gasteiger partial charge in [0.25, 0.3) is 0 Å². The van der Waals surface area contributed by atoms with Crippen molar-refractivity contribution in [3.05, 3.63) is 47.5 Å². The topological polar surface area (TPSA) is 38.5 Å². The highest BCUT2D eigenvalue weighted by atomic mass is 32.1. The number of para-hydroxylation sites is 2. The normalized spacial score (nSPS) is 15.2. The van der Waals surface area contributed by atoms with Crippen LogP contribution in [0.5, 0.6) is 5.75 Å². The van der Waals surface area contributed by atoms with Gasteiger partial charge in [-0.3, -0.25) is 4.90 Å². The summed E-state index contributed by atoms with van der Waals surface area (Å²) in [4.78, 5) is 4.78. The molecular formula is C19H27N5OS. The summed E-state index contributed by atoms with van der Waals surface area (Å²) in [5.41, 5.74) is 1.18. The van der Waals surface area contributed by atoms with Crippen molar-refractivity contribution >= 4 is 17.9 Å². The van der Waals surface area contributed by atoms with E-state index in [0.717, 1.165) is 49.2 Å². The summed E-state index contributed by atoms with van der Waals surface area (Å²) in [7, 11) is 0. The molecule has 6 nitrogen and oxygen atoms in total. The highest BCUT2D eigenvalue weighted by Crippen LogP contribution is 2.28. The van der Waals surface area contributed by atoms with Gasteiger partial charge in [0.2, 0.25) is 0 Å². The van der Waals surface area contributed by atoms with Crippen LogP contribution in [-0.4, -0.2) is 52.0 Å². The van der Waals surface area contributed by atoms with Crippen molar-refractivity contribution in [1.82, 2.24) is 19.2 Å². The Kier molecular flexibility index (Phi) is 6.11. The van der Waals surface area contributed by atoms with Gasteiger partial charge in [0.15, 0.2) is 4.77 Å². The Bertz CT molecular complexity index is 805. The fourth-order valence-corrected chi connectivity index (χ4v) is 3.60. The van der Waals surface area contributed by atoms with Crippen molar-refractivity contribution in [2.75, 3.05) is 37.7 Å². The molecule has 0 radical (unpaired) electrons. The third-order valence-corrected chi connectivity index (χ3v) is 5.06. The lowest BCUT2D eigenvalue weighted by Gasteiger charge is -2.36. The summed E-state index contributed by atoms with van der Waals surface area (Å²) in [6, 6.07) is 8.27. The zero-order valence-electron chi connectivity index (χ0n) is 15.6. The number of aryl methyl sites for hydroxylation is 1. The average Bonchev–Trinajstić information content (AvgIpc) is 2.91. The van der Waals surface area contributed by atoms with Crippen LogP contribution >= 0.6 is 12.2 Å². The zero-order valence-corrected chi connectivity index (χ0v) is 16.4. The second-order valence-corrected chi connectivity index (χ2v) is 6.74. The molecule has 26 heavy (non-hydrogen) atoms. The van der Waals surface area contributed by atoms with Crippen LogP contribution < -0.4 is 9.64 Å². The number of hydrogen-bond acceptors (Lipinski definition) is 5. The summed E-state index contributed by atoms with van der Waals surface area (Å²) in [6.07, 6.45) is 1.85. The van der Waals surface area contributed by atoms with Gasteiger partial charge < -0.3 is 14.2 Å². The quantitative estimate of drug-likeness (QED) is 0.551. The predicted molar refractivity (Wildman–Crippen MR) is 107 cm³/mol. The summed E-state index contributed by atoms with van der Waals surface area (Å²) in [5.74, 6) is 1.89. The molecule has 1 aliphatic heterocycles. The number of allylic oxidation sites excluding steroid dienone is 1. The minimum atomic E-state index is 0.682. The summed E-state index contributed by atoms with van der Waals surface area (Å²) >= 11 is 5.55. The number of piperazine rings is 1. The number of anilines is 1. The van der Waals surface area contributed by atoms with E-state index in [1.54, 1.807) is 0 Å². The molecule has 1 fully saturated rings. The standard InChI is InChI=1S/C19H27N5OS/c1-4-10-23-16(3)20-24(19(23)26)15-21-11-13-22(14-12-21)17-8-6-7-9-18(17)25-5-2/h4,6-9H,1,5,10-15H2,2-3H3. The lowest BCUT2D eigenvalue weighted by Crippen LogP contribution is -2.47. The highest BCUT2D eigenvalue weighted by Gasteiger charge is 2.20. The van der Waals surface area contributed by atoms with E-state index >= 15 is 0 Å². The Morgan fingerprint density at radius 1 is 1.23 bits per heavy atom. The van der Waals surface area contributed by atoms with Crippen molar-refractivity contribution < 1.29 is 4.74 Å². The van der Waals surface area contributed by atoms with Crippen LogP contribution in [0.2, 0.25) is 0 Å². The monoisotopic (exact) mass is 373 g/mol. The van der Waals surface area contributed by atoms with Gasteiger partial charge in [-0.2, -0.15) is 5.10 Å². The lowest BCUT2D eigenvalue weighted by molar-refractivity contribution is 0.193. The Hall–Kier alpha value is -2.12. The summed E-state index contributed by atoms with van der Waals surface area (Å²) in [6.45, 7) is 13.8. The molecule has 1 aromatic carbocycles. The predicted octanol–water partition coefficient (Wildman–Crippen LogP) is 3.09. The van der Waals surface area contributed by atoms with E-state index in [2.05, 4.69) is 33.6 Å². The van der Waals surface area contributed by atoms with Gasteiger partial charge >= 0.3 is 0 Å². The van der Waals surface area contributed by atoms with Crippen molar-refractivity contribution in [2.45, 2.75) is 27.1 Å². The maximum absolute atomic E-state index is 5.77. The molecule has 0 spiro atoms. The summed E-state index contributed by atoms with van der Waals surface area (Å²) < 4.78 is 10.5. The van der Waals surface area contributed by atoms with E-state index in [4.69, 9.17) is 17.0 Å². The van der Waals surface area contributed by atoms with Crippen molar-refractivity contribution in [3.8, 4) is 5.75 Å². The molecule has 1 aliphatic rings. The van der Waals surface area contributed by atoms with Gasteiger partial charge in [-0.25, -0.2) is 4.68 Å². The number of benzene rings is 1. The van der Waals surface area contributed by atoms with Gasteiger partial charge in [0, 0.05) is 32.7 Å². The minimum Gasteiger partial charge on any atom is -0.492 e. The smallest absolute Gasteiger partial charge is 0.199 e. The molecule has 3 rings (SSSR count). The van der Waals surface area contributed by atoms with Crippen molar-refractivity contribution in [2.24, 2.45) is 0 Å². The zero-order chi connectivity index (χ0) is 18.5. The first-order chi connectivity index (χ1) is 12.6. The molecular weight excluding hydrogens is 346 g/mol. The van der Waals surface area contributed by atoms with Crippen LogP contribution in [0.3, 0.4) is 0 Å². The Balaban J connectivity index is 1.64. The van der Waals surface area contributed by atoms with Crippen molar-refractivity contribution in [1.29, 1.82) is 0 Å². The third-order valence-electron chi connectivity index (χ3n) is 4.63. The fraction of sp³-hybridized carbons (Fsp3) is 0.474. The molecule has 2 heterocycles. The lowest BCUT2D eigenvalue weighted by atomic mass is 10.2. The van der Waals surface area contributed by atoms with E-state index in [0.29, 0.717) is 13.2 Å². The second-order valence-electron chi connectivity index (χ2n) is 6.38. The molecule has 0 N–H and O–H groups in total. The molecule has 2 aromatic rings. The number of nitrogens with zero attached hydrogens (tertiary/aromatic N) is 5. The maximum Gasteiger partial charge on any atom is 0.199 e. The fourth-order valence-electron chi connectivity index (χ4n) is 3.30. The SMILES string of the molecule is C=CCn1c(C)nn(CN2CCN(c3ccccc3OCC)CC2)c1=S. The molecule has 1 saturated heterocycles. The molecule has 0 atom stereocenters. The van der Waals surface area contributed by atoms with Crippen LogP contribution in [0.1, 0.15) is 12.7 Å². The molecule has 7 heteroatoms. The van der Waals surface area contributed by atoms with Gasteiger partial charge in [0.1, 0.15) is 11.6 Å². The van der Waals surface area contributed by atoms with Crippen LogP contribution in [-0.2, 0) is 13.2 Å². The first-order valence-electron chi connectivity index (χ1n) is 9.08. The average molecular weight is 374 g/mol. The first kappa shape index (κ1) is 18.7. The Labute approximate surface area is 160 Å². The third kappa shape index (κ3) is 3.99. The molecule has 140 valence electrons. The second kappa shape index (κ2) is 8.51. The molecule has 0 unspecified atom stereocenters. The van der Waals surface area contributed by atoms with Crippen LogP contribution in [0, 0.1) is 11.7 Å². The largest absolute Gasteiger partial charge is 0.492 e. The van der Waals surface area contributed by atoms with Gasteiger partial charge in [0.05, 0.1) is 19.0 Å². The van der Waals surface area contributed by atoms with Crippen LogP contribution in [0.4, 0.5) is 5.69 Å². The molecule has 0 bridgehead atoms. The molecule has 1 aromatic heterocycles.